The number of aliphatic hydroxyl groups is 1. The van der Waals surface area contributed by atoms with Crippen molar-refractivity contribution in [1.82, 2.24) is 4.90 Å². The molecule has 2 fully saturated rings. The molecule has 2 N–H and O–H groups in total. The number of hydrogen-bond acceptors (Lipinski definition) is 5. The normalized spacial score (nSPS) is 20.0. The van der Waals surface area contributed by atoms with E-state index in [4.69, 9.17) is 14.6 Å². The number of benzene rings is 1. The average molecular weight is 363 g/mol. The minimum Gasteiger partial charge on any atom is -0.493 e. The number of rotatable bonds is 5. The van der Waals surface area contributed by atoms with Gasteiger partial charge in [0.2, 0.25) is 0 Å². The molecule has 1 aliphatic heterocycles. The van der Waals surface area contributed by atoms with Crippen molar-refractivity contribution in [2.45, 2.75) is 50.2 Å². The summed E-state index contributed by atoms with van der Waals surface area (Å²) >= 11 is 0. The maximum atomic E-state index is 12.8. The zero-order chi connectivity index (χ0) is 18.7. The number of hydrogen-bond donors (Lipinski definition) is 2. The molecule has 1 aliphatic carbocycles. The molecule has 142 valence electrons. The van der Waals surface area contributed by atoms with Crippen LogP contribution in [0.15, 0.2) is 18.2 Å². The number of methoxy groups -OCH3 is 1. The van der Waals surface area contributed by atoms with Gasteiger partial charge in [-0.2, -0.15) is 0 Å². The number of ether oxygens (including phenoxy) is 2. The molecule has 26 heavy (non-hydrogen) atoms. The second-order valence-corrected chi connectivity index (χ2v) is 7.02. The van der Waals surface area contributed by atoms with E-state index in [0.717, 1.165) is 25.7 Å². The van der Waals surface area contributed by atoms with Gasteiger partial charge in [-0.05, 0) is 43.9 Å². The van der Waals surface area contributed by atoms with Crippen molar-refractivity contribution >= 4 is 11.9 Å². The number of carbonyl (C=O) groups excluding carboxylic acids is 1. The van der Waals surface area contributed by atoms with E-state index in [1.54, 1.807) is 30.2 Å². The molecule has 0 radical (unpaired) electrons. The monoisotopic (exact) mass is 363 g/mol. The number of likely N-dealkylation sites (tertiary alicyclic amines) is 1. The molecule has 0 bridgehead atoms. The lowest BCUT2D eigenvalue weighted by molar-refractivity contribution is -0.162. The Morgan fingerprint density at radius 2 is 1.81 bits per heavy atom. The van der Waals surface area contributed by atoms with E-state index in [-0.39, 0.29) is 37.9 Å². The first-order chi connectivity index (χ1) is 12.4. The van der Waals surface area contributed by atoms with E-state index in [0.29, 0.717) is 17.1 Å². The van der Waals surface area contributed by atoms with Crippen molar-refractivity contribution in [3.8, 4) is 11.5 Å². The number of carboxylic acid groups (broad SMARTS) is 1. The van der Waals surface area contributed by atoms with Crippen LogP contribution >= 0.6 is 0 Å². The number of amides is 1. The Hall–Kier alpha value is -2.28. The number of carboxylic acids is 1. The summed E-state index contributed by atoms with van der Waals surface area (Å²) in [6.07, 6.45) is 4.49. The molecule has 0 aromatic heterocycles. The Morgan fingerprint density at radius 1 is 1.15 bits per heavy atom. The molecule has 7 nitrogen and oxygen atoms in total. The van der Waals surface area contributed by atoms with Crippen LogP contribution in [0.1, 0.15) is 48.9 Å². The molecule has 1 saturated carbocycles. The smallest absolute Gasteiger partial charge is 0.335 e. The van der Waals surface area contributed by atoms with Crippen molar-refractivity contribution in [1.29, 1.82) is 0 Å². The summed E-state index contributed by atoms with van der Waals surface area (Å²) in [6, 6.07) is 5.09. The summed E-state index contributed by atoms with van der Waals surface area (Å²) in [5.74, 6) is -0.283. The lowest BCUT2D eigenvalue weighted by atomic mass is 9.91. The van der Waals surface area contributed by atoms with Gasteiger partial charge in [0, 0.05) is 31.5 Å². The lowest BCUT2D eigenvalue weighted by Gasteiger charge is -2.35. The maximum absolute atomic E-state index is 12.8. The summed E-state index contributed by atoms with van der Waals surface area (Å²) in [5, 5.41) is 19.1. The third kappa shape index (κ3) is 3.77. The van der Waals surface area contributed by atoms with E-state index < -0.39 is 11.6 Å². The molecule has 1 saturated heterocycles. The van der Waals surface area contributed by atoms with Crippen molar-refractivity contribution < 1.29 is 29.3 Å². The molecule has 1 amide bonds. The third-order valence-electron chi connectivity index (χ3n) is 5.28. The van der Waals surface area contributed by atoms with E-state index in [1.807, 2.05) is 0 Å². The highest BCUT2D eigenvalue weighted by atomic mass is 16.5. The number of carbonyl (C=O) groups is 2. The van der Waals surface area contributed by atoms with Gasteiger partial charge in [0.05, 0.1) is 13.2 Å². The van der Waals surface area contributed by atoms with Crippen molar-refractivity contribution in [2.24, 2.45) is 0 Å². The van der Waals surface area contributed by atoms with Gasteiger partial charge in [0.15, 0.2) is 17.1 Å². The van der Waals surface area contributed by atoms with Crippen LogP contribution in [0.3, 0.4) is 0 Å². The fourth-order valence-corrected chi connectivity index (χ4v) is 3.56. The molecular weight excluding hydrogens is 338 g/mol. The van der Waals surface area contributed by atoms with E-state index in [9.17, 15) is 14.7 Å². The molecule has 7 heteroatoms. The first kappa shape index (κ1) is 18.5. The summed E-state index contributed by atoms with van der Waals surface area (Å²) in [6.45, 7) is 0.402. The van der Waals surface area contributed by atoms with E-state index in [2.05, 4.69) is 0 Å². The van der Waals surface area contributed by atoms with Gasteiger partial charge < -0.3 is 24.6 Å². The van der Waals surface area contributed by atoms with Crippen LogP contribution in [0.25, 0.3) is 0 Å². The lowest BCUT2D eigenvalue weighted by Crippen LogP contribution is -2.50. The van der Waals surface area contributed by atoms with Gasteiger partial charge in [0.25, 0.3) is 5.91 Å². The maximum Gasteiger partial charge on any atom is 0.335 e. The first-order valence-electron chi connectivity index (χ1n) is 9.03. The summed E-state index contributed by atoms with van der Waals surface area (Å²) < 4.78 is 11.4. The quantitative estimate of drug-likeness (QED) is 0.831. The van der Waals surface area contributed by atoms with Crippen LogP contribution in [-0.2, 0) is 4.79 Å². The van der Waals surface area contributed by atoms with Crippen LogP contribution in [0.5, 0.6) is 11.5 Å². The highest BCUT2D eigenvalue weighted by Crippen LogP contribution is 2.33. The van der Waals surface area contributed by atoms with Gasteiger partial charge in [-0.1, -0.05) is 0 Å². The van der Waals surface area contributed by atoms with Crippen LogP contribution in [-0.4, -0.2) is 58.9 Å². The molecular formula is C19H25NO6. The Kier molecular flexibility index (Phi) is 5.36. The SMILES string of the molecule is COc1ccc(C(=O)N2CCC(O)(C(=O)O)CC2)cc1OC1CCCC1. The zero-order valence-corrected chi connectivity index (χ0v) is 14.9. The molecule has 0 atom stereocenters. The summed E-state index contributed by atoms with van der Waals surface area (Å²) in [5.41, 5.74) is -1.27. The van der Waals surface area contributed by atoms with Gasteiger partial charge in [-0.25, -0.2) is 4.79 Å². The van der Waals surface area contributed by atoms with E-state index in [1.165, 1.54) is 0 Å². The van der Waals surface area contributed by atoms with Crippen LogP contribution in [0, 0.1) is 0 Å². The predicted molar refractivity (Wildman–Crippen MR) is 93.6 cm³/mol. The highest BCUT2D eigenvalue weighted by molar-refractivity contribution is 5.95. The first-order valence-corrected chi connectivity index (χ1v) is 9.03. The van der Waals surface area contributed by atoms with Crippen molar-refractivity contribution in [3.63, 3.8) is 0 Å². The topological polar surface area (TPSA) is 96.3 Å². The predicted octanol–water partition coefficient (Wildman–Crippen LogP) is 2.07. The van der Waals surface area contributed by atoms with Crippen LogP contribution in [0.2, 0.25) is 0 Å². The number of piperidine rings is 1. The van der Waals surface area contributed by atoms with Crippen molar-refractivity contribution in [3.05, 3.63) is 23.8 Å². The average Bonchev–Trinajstić information content (AvgIpc) is 3.14. The Balaban J connectivity index is 1.72. The fraction of sp³-hybridized carbons (Fsp3) is 0.579. The fourth-order valence-electron chi connectivity index (χ4n) is 3.56. The number of nitrogens with zero attached hydrogens (tertiary/aromatic N) is 1. The summed E-state index contributed by atoms with van der Waals surface area (Å²) in [7, 11) is 1.57. The molecule has 1 aromatic carbocycles. The third-order valence-corrected chi connectivity index (χ3v) is 5.28. The van der Waals surface area contributed by atoms with Crippen molar-refractivity contribution in [2.75, 3.05) is 20.2 Å². The Bertz CT molecular complexity index is 675. The zero-order valence-electron chi connectivity index (χ0n) is 14.9. The molecule has 2 aliphatic rings. The van der Waals surface area contributed by atoms with E-state index >= 15 is 0 Å². The van der Waals surface area contributed by atoms with Crippen LogP contribution < -0.4 is 9.47 Å². The minimum absolute atomic E-state index is 0.0235. The summed E-state index contributed by atoms with van der Waals surface area (Å²) in [4.78, 5) is 25.5. The Labute approximate surface area is 152 Å². The number of aliphatic carboxylic acids is 1. The molecule has 0 unspecified atom stereocenters. The Morgan fingerprint density at radius 3 is 2.38 bits per heavy atom. The molecule has 1 heterocycles. The minimum atomic E-state index is -1.74. The highest BCUT2D eigenvalue weighted by Gasteiger charge is 2.40. The van der Waals surface area contributed by atoms with Gasteiger partial charge in [-0.15, -0.1) is 0 Å². The van der Waals surface area contributed by atoms with Gasteiger partial charge >= 0.3 is 5.97 Å². The molecule has 0 spiro atoms. The van der Waals surface area contributed by atoms with Gasteiger partial charge in [0.1, 0.15) is 0 Å². The molecule has 1 aromatic rings. The van der Waals surface area contributed by atoms with Crippen LogP contribution in [0.4, 0.5) is 0 Å². The standard InChI is InChI=1S/C19H25NO6/c1-25-15-7-6-13(12-16(15)26-14-4-2-3-5-14)17(21)20-10-8-19(24,9-11-20)18(22)23/h6-7,12,14,24H,2-5,8-11H2,1H3,(H,22,23). The second kappa shape index (κ2) is 7.53. The second-order valence-electron chi connectivity index (χ2n) is 7.02. The van der Waals surface area contributed by atoms with Gasteiger partial charge in [-0.3, -0.25) is 4.79 Å². The largest absolute Gasteiger partial charge is 0.493 e. The molecule has 3 rings (SSSR count).